The van der Waals surface area contributed by atoms with E-state index in [1.54, 1.807) is 0 Å². The monoisotopic (exact) mass is 367 g/mol. The van der Waals surface area contributed by atoms with Crippen LogP contribution in [0.5, 0.6) is 0 Å². The molecular formula is C22H29N3O2. The Morgan fingerprint density at radius 3 is 2.89 bits per heavy atom. The van der Waals surface area contributed by atoms with Crippen molar-refractivity contribution in [3.05, 3.63) is 42.1 Å². The van der Waals surface area contributed by atoms with Crippen LogP contribution in [0.15, 0.2) is 36.5 Å². The number of carbonyl (C=O) groups is 1. The molecule has 3 atom stereocenters. The first-order chi connectivity index (χ1) is 12.9. The quantitative estimate of drug-likeness (QED) is 0.892. The van der Waals surface area contributed by atoms with Gasteiger partial charge in [0.2, 0.25) is 0 Å². The standard InChI is InChI=1S/C22H29N3O2/c1-22(2,3)27-21(26)24-20-9-8-17-13-25(14-18(17)20)12-15-10-16-6-4-5-7-19(16)23-11-15/h4-7,10-11,17-18,20H,8-9,12-14H2,1-3H3,(H,24,26)/t17-,18-,20-/m1/s1. The number of benzene rings is 1. The molecule has 4 rings (SSSR count). The Morgan fingerprint density at radius 2 is 2.07 bits per heavy atom. The van der Waals surface area contributed by atoms with Crippen LogP contribution in [0.25, 0.3) is 10.9 Å². The molecule has 2 heterocycles. The molecule has 2 fully saturated rings. The number of alkyl carbamates (subject to hydrolysis) is 1. The fourth-order valence-electron chi connectivity index (χ4n) is 4.59. The van der Waals surface area contributed by atoms with E-state index in [1.807, 2.05) is 39.1 Å². The average Bonchev–Trinajstić information content (AvgIpc) is 3.14. The first kappa shape index (κ1) is 18.2. The molecule has 1 amide bonds. The second-order valence-corrected chi connectivity index (χ2v) is 8.98. The molecule has 2 aliphatic rings. The van der Waals surface area contributed by atoms with Gasteiger partial charge in [-0.05, 0) is 63.1 Å². The first-order valence-electron chi connectivity index (χ1n) is 9.93. The van der Waals surface area contributed by atoms with Gasteiger partial charge in [0.25, 0.3) is 0 Å². The second-order valence-electron chi connectivity index (χ2n) is 8.98. The molecule has 144 valence electrons. The molecule has 1 saturated carbocycles. The Balaban J connectivity index is 1.37. The van der Waals surface area contributed by atoms with Gasteiger partial charge in [0.05, 0.1) is 5.52 Å². The van der Waals surface area contributed by atoms with Crippen LogP contribution >= 0.6 is 0 Å². The summed E-state index contributed by atoms with van der Waals surface area (Å²) in [7, 11) is 0. The van der Waals surface area contributed by atoms with E-state index in [1.165, 1.54) is 17.4 Å². The molecule has 1 aromatic heterocycles. The third kappa shape index (κ3) is 4.24. The lowest BCUT2D eigenvalue weighted by molar-refractivity contribution is 0.0491. The van der Waals surface area contributed by atoms with Gasteiger partial charge in [-0.3, -0.25) is 9.88 Å². The van der Waals surface area contributed by atoms with Gasteiger partial charge in [-0.2, -0.15) is 0 Å². The number of pyridine rings is 1. The van der Waals surface area contributed by atoms with Gasteiger partial charge in [0, 0.05) is 37.3 Å². The summed E-state index contributed by atoms with van der Waals surface area (Å²) in [4.78, 5) is 19.2. The van der Waals surface area contributed by atoms with Crippen LogP contribution in [0.1, 0.15) is 39.2 Å². The van der Waals surface area contributed by atoms with Crippen LogP contribution in [-0.2, 0) is 11.3 Å². The number of ether oxygens (including phenoxy) is 1. The summed E-state index contributed by atoms with van der Waals surface area (Å²) in [5.41, 5.74) is 1.85. The normalized spacial score (nSPS) is 25.5. The van der Waals surface area contributed by atoms with Gasteiger partial charge in [-0.1, -0.05) is 18.2 Å². The Morgan fingerprint density at radius 1 is 1.26 bits per heavy atom. The molecule has 0 unspecified atom stereocenters. The molecule has 1 aliphatic heterocycles. The van der Waals surface area contributed by atoms with E-state index in [-0.39, 0.29) is 12.1 Å². The summed E-state index contributed by atoms with van der Waals surface area (Å²) in [5.74, 6) is 1.18. The Hall–Kier alpha value is -2.14. The van der Waals surface area contributed by atoms with Gasteiger partial charge in [-0.25, -0.2) is 4.79 Å². The third-order valence-electron chi connectivity index (χ3n) is 5.69. The molecule has 0 spiro atoms. The highest BCUT2D eigenvalue weighted by atomic mass is 16.6. The molecule has 1 saturated heterocycles. The lowest BCUT2D eigenvalue weighted by Crippen LogP contribution is -2.42. The SMILES string of the molecule is CC(C)(C)OC(=O)N[C@@H]1CC[C@@H]2CN(Cc3cnc4ccccc4c3)C[C@H]21. The molecular weight excluding hydrogens is 338 g/mol. The third-order valence-corrected chi connectivity index (χ3v) is 5.69. The first-order valence-corrected chi connectivity index (χ1v) is 9.93. The fourth-order valence-corrected chi connectivity index (χ4v) is 4.59. The van der Waals surface area contributed by atoms with Crippen molar-refractivity contribution in [2.24, 2.45) is 11.8 Å². The molecule has 5 heteroatoms. The lowest BCUT2D eigenvalue weighted by atomic mass is 9.98. The summed E-state index contributed by atoms with van der Waals surface area (Å²) >= 11 is 0. The zero-order valence-electron chi connectivity index (χ0n) is 16.4. The molecule has 27 heavy (non-hydrogen) atoms. The van der Waals surface area contributed by atoms with Crippen LogP contribution in [0.4, 0.5) is 4.79 Å². The van der Waals surface area contributed by atoms with Crippen molar-refractivity contribution < 1.29 is 9.53 Å². The number of likely N-dealkylation sites (tertiary alicyclic amines) is 1. The van der Waals surface area contributed by atoms with Gasteiger partial charge in [-0.15, -0.1) is 0 Å². The van der Waals surface area contributed by atoms with E-state index in [9.17, 15) is 4.79 Å². The Labute approximate surface area is 161 Å². The second kappa shape index (κ2) is 7.12. The maximum Gasteiger partial charge on any atom is 0.407 e. The summed E-state index contributed by atoms with van der Waals surface area (Å²) in [6.07, 6.45) is 3.94. The fraction of sp³-hybridized carbons (Fsp3) is 0.545. The number of fused-ring (bicyclic) bond motifs is 2. The van der Waals surface area contributed by atoms with E-state index in [4.69, 9.17) is 4.74 Å². The van der Waals surface area contributed by atoms with E-state index < -0.39 is 5.60 Å². The minimum atomic E-state index is -0.452. The van der Waals surface area contributed by atoms with Crippen molar-refractivity contribution in [2.45, 2.75) is 51.8 Å². The van der Waals surface area contributed by atoms with Gasteiger partial charge >= 0.3 is 6.09 Å². The number of nitrogens with zero attached hydrogens (tertiary/aromatic N) is 2. The highest BCUT2D eigenvalue weighted by Crippen LogP contribution is 2.38. The summed E-state index contributed by atoms with van der Waals surface area (Å²) in [6.45, 7) is 8.75. The van der Waals surface area contributed by atoms with E-state index in [0.717, 1.165) is 31.6 Å². The molecule has 1 aromatic carbocycles. The molecule has 1 N–H and O–H groups in total. The number of para-hydroxylation sites is 1. The zero-order chi connectivity index (χ0) is 19.0. The van der Waals surface area contributed by atoms with Crippen molar-refractivity contribution in [1.82, 2.24) is 15.2 Å². The van der Waals surface area contributed by atoms with E-state index >= 15 is 0 Å². The highest BCUT2D eigenvalue weighted by molar-refractivity contribution is 5.78. The summed E-state index contributed by atoms with van der Waals surface area (Å²) in [6, 6.07) is 10.7. The smallest absolute Gasteiger partial charge is 0.407 e. The van der Waals surface area contributed by atoms with Crippen LogP contribution in [0, 0.1) is 11.8 Å². The number of hydrogen-bond donors (Lipinski definition) is 1. The van der Waals surface area contributed by atoms with Gasteiger partial charge in [0.15, 0.2) is 0 Å². The number of carbonyl (C=O) groups excluding carboxylic acids is 1. The van der Waals surface area contributed by atoms with Crippen molar-refractivity contribution >= 4 is 17.0 Å². The zero-order valence-corrected chi connectivity index (χ0v) is 16.4. The maximum atomic E-state index is 12.1. The molecule has 5 nitrogen and oxygen atoms in total. The predicted octanol–water partition coefficient (Wildman–Crippen LogP) is 3.97. The highest BCUT2D eigenvalue weighted by Gasteiger charge is 2.43. The molecule has 1 aliphatic carbocycles. The number of aromatic nitrogens is 1. The summed E-state index contributed by atoms with van der Waals surface area (Å²) in [5, 5.41) is 4.31. The van der Waals surface area contributed by atoms with Crippen LogP contribution in [0.2, 0.25) is 0 Å². The number of amides is 1. The van der Waals surface area contributed by atoms with Gasteiger partial charge in [0.1, 0.15) is 5.60 Å². The van der Waals surface area contributed by atoms with E-state index in [2.05, 4.69) is 33.4 Å². The van der Waals surface area contributed by atoms with Crippen LogP contribution in [-0.4, -0.2) is 40.7 Å². The Kier molecular flexibility index (Phi) is 4.81. The van der Waals surface area contributed by atoms with Crippen LogP contribution in [0.3, 0.4) is 0 Å². The number of hydrogen-bond acceptors (Lipinski definition) is 4. The minimum absolute atomic E-state index is 0.226. The van der Waals surface area contributed by atoms with Crippen molar-refractivity contribution in [3.8, 4) is 0 Å². The lowest BCUT2D eigenvalue weighted by Gasteiger charge is -2.25. The van der Waals surface area contributed by atoms with E-state index in [0.29, 0.717) is 11.8 Å². The number of rotatable bonds is 3. The predicted molar refractivity (Wildman–Crippen MR) is 106 cm³/mol. The summed E-state index contributed by atoms with van der Waals surface area (Å²) < 4.78 is 5.44. The molecule has 0 bridgehead atoms. The minimum Gasteiger partial charge on any atom is -0.444 e. The van der Waals surface area contributed by atoms with Crippen molar-refractivity contribution in [2.75, 3.05) is 13.1 Å². The Bertz CT molecular complexity index is 830. The topological polar surface area (TPSA) is 54.5 Å². The number of nitrogens with one attached hydrogen (secondary N) is 1. The van der Waals surface area contributed by atoms with Crippen LogP contribution < -0.4 is 5.32 Å². The largest absolute Gasteiger partial charge is 0.444 e. The molecule has 0 radical (unpaired) electrons. The maximum absolute atomic E-state index is 12.1. The van der Waals surface area contributed by atoms with Crippen molar-refractivity contribution in [1.29, 1.82) is 0 Å². The van der Waals surface area contributed by atoms with Gasteiger partial charge < -0.3 is 10.1 Å². The average molecular weight is 367 g/mol. The van der Waals surface area contributed by atoms with Crippen molar-refractivity contribution in [3.63, 3.8) is 0 Å². The molecule has 2 aromatic rings.